The molecule has 1 rings (SSSR count). The van der Waals surface area contributed by atoms with Crippen LogP contribution in [0.25, 0.3) is 0 Å². The summed E-state index contributed by atoms with van der Waals surface area (Å²) in [5.41, 5.74) is 7.39. The minimum absolute atomic E-state index is 0.342. The topological polar surface area (TPSA) is 26.0 Å². The maximum absolute atomic E-state index is 13.3. The molecule has 14 heavy (non-hydrogen) atoms. The van der Waals surface area contributed by atoms with Crippen molar-refractivity contribution < 1.29 is 4.39 Å². The average Bonchev–Trinajstić information content (AvgIpc) is 2.18. The monoisotopic (exact) mass is 195 g/mol. The van der Waals surface area contributed by atoms with Crippen LogP contribution in [-0.4, -0.2) is 6.54 Å². The van der Waals surface area contributed by atoms with Crippen LogP contribution in [0.2, 0.25) is 0 Å². The molecule has 1 nitrogen and oxygen atoms in total. The van der Waals surface area contributed by atoms with Gasteiger partial charge in [-0.2, -0.15) is 0 Å². The molecule has 0 aliphatic carbocycles. The second kappa shape index (κ2) is 5.11. The minimum atomic E-state index is -0.897. The van der Waals surface area contributed by atoms with Crippen molar-refractivity contribution >= 4 is 0 Å². The van der Waals surface area contributed by atoms with E-state index in [0.717, 1.165) is 17.5 Å². The lowest BCUT2D eigenvalue weighted by Crippen LogP contribution is -2.07. The van der Waals surface area contributed by atoms with Gasteiger partial charge in [-0.15, -0.1) is 0 Å². The van der Waals surface area contributed by atoms with E-state index >= 15 is 0 Å². The third-order valence-corrected chi connectivity index (χ3v) is 2.56. The van der Waals surface area contributed by atoms with Gasteiger partial charge in [-0.3, -0.25) is 0 Å². The molecular formula is C12H18FN. The average molecular weight is 195 g/mol. The zero-order valence-electron chi connectivity index (χ0n) is 8.83. The van der Waals surface area contributed by atoms with Gasteiger partial charge in [0.05, 0.1) is 0 Å². The number of nitrogens with two attached hydrogens (primary N) is 1. The zero-order valence-corrected chi connectivity index (χ0v) is 8.83. The van der Waals surface area contributed by atoms with Gasteiger partial charge in [0.1, 0.15) is 6.17 Å². The lowest BCUT2D eigenvalue weighted by atomic mass is 9.91. The molecule has 78 valence electrons. The molecule has 0 amide bonds. The summed E-state index contributed by atoms with van der Waals surface area (Å²) in [5, 5.41) is 0. The van der Waals surface area contributed by atoms with Crippen LogP contribution in [0.5, 0.6) is 0 Å². The van der Waals surface area contributed by atoms with Gasteiger partial charge in [0.2, 0.25) is 0 Å². The largest absolute Gasteiger partial charge is 0.330 e. The first-order chi connectivity index (χ1) is 6.66. The summed E-state index contributed by atoms with van der Waals surface area (Å²) in [4.78, 5) is 0. The van der Waals surface area contributed by atoms with Crippen LogP contribution in [0.4, 0.5) is 4.39 Å². The van der Waals surface area contributed by atoms with Gasteiger partial charge in [-0.05, 0) is 36.9 Å². The molecule has 0 fully saturated rings. The van der Waals surface area contributed by atoms with Crippen LogP contribution in [0, 0.1) is 0 Å². The fourth-order valence-corrected chi connectivity index (χ4v) is 1.73. The van der Waals surface area contributed by atoms with Gasteiger partial charge in [0.25, 0.3) is 0 Å². The molecular weight excluding hydrogens is 177 g/mol. The first-order valence-corrected chi connectivity index (χ1v) is 5.09. The zero-order chi connectivity index (χ0) is 10.6. The number of hydrogen-bond donors (Lipinski definition) is 1. The molecule has 0 heterocycles. The maximum atomic E-state index is 13.3. The van der Waals surface area contributed by atoms with Gasteiger partial charge < -0.3 is 5.73 Å². The molecule has 0 radical (unpaired) electrons. The molecule has 0 saturated heterocycles. The molecule has 1 aromatic rings. The van der Waals surface area contributed by atoms with E-state index < -0.39 is 6.17 Å². The van der Waals surface area contributed by atoms with Crippen molar-refractivity contribution in [2.24, 2.45) is 5.73 Å². The van der Waals surface area contributed by atoms with E-state index in [1.54, 1.807) is 6.92 Å². The molecule has 0 aliphatic rings. The lowest BCUT2D eigenvalue weighted by Gasteiger charge is -2.16. The summed E-state index contributed by atoms with van der Waals surface area (Å²) < 4.78 is 13.3. The van der Waals surface area contributed by atoms with Crippen molar-refractivity contribution in [3.05, 3.63) is 35.4 Å². The maximum Gasteiger partial charge on any atom is 0.123 e. The van der Waals surface area contributed by atoms with Gasteiger partial charge in [0, 0.05) is 0 Å². The quantitative estimate of drug-likeness (QED) is 0.784. The summed E-state index contributed by atoms with van der Waals surface area (Å²) in [6, 6.07) is 7.68. The van der Waals surface area contributed by atoms with Crippen LogP contribution in [0.1, 0.15) is 43.5 Å². The minimum Gasteiger partial charge on any atom is -0.330 e. The van der Waals surface area contributed by atoms with Crippen LogP contribution in [-0.2, 0) is 0 Å². The van der Waals surface area contributed by atoms with E-state index in [1.807, 2.05) is 24.3 Å². The Labute approximate surface area is 85.1 Å². The van der Waals surface area contributed by atoms with Gasteiger partial charge in [-0.1, -0.05) is 31.2 Å². The van der Waals surface area contributed by atoms with E-state index in [-0.39, 0.29) is 0 Å². The van der Waals surface area contributed by atoms with Crippen LogP contribution in [0.3, 0.4) is 0 Å². The summed E-state index contributed by atoms with van der Waals surface area (Å²) in [6.45, 7) is 4.32. The fraction of sp³-hybridized carbons (Fsp3) is 0.500. The molecule has 2 heteroatoms. The predicted molar refractivity (Wildman–Crippen MR) is 58.1 cm³/mol. The Hall–Kier alpha value is -0.890. The van der Waals surface area contributed by atoms with Crippen LogP contribution in [0.15, 0.2) is 24.3 Å². The number of rotatable bonds is 4. The third-order valence-electron chi connectivity index (χ3n) is 2.56. The van der Waals surface area contributed by atoms with Crippen molar-refractivity contribution in [2.45, 2.75) is 32.4 Å². The van der Waals surface area contributed by atoms with E-state index in [4.69, 9.17) is 5.73 Å². The first-order valence-electron chi connectivity index (χ1n) is 5.09. The van der Waals surface area contributed by atoms with E-state index in [9.17, 15) is 4.39 Å². The Bertz CT molecular complexity index is 283. The van der Waals surface area contributed by atoms with Crippen molar-refractivity contribution in [2.75, 3.05) is 6.54 Å². The predicted octanol–water partition coefficient (Wildman–Crippen LogP) is 3.17. The number of benzene rings is 1. The van der Waals surface area contributed by atoms with Gasteiger partial charge in [0.15, 0.2) is 0 Å². The van der Waals surface area contributed by atoms with Crippen molar-refractivity contribution in [3.63, 3.8) is 0 Å². The molecule has 1 aromatic carbocycles. The highest BCUT2D eigenvalue weighted by atomic mass is 19.1. The Morgan fingerprint density at radius 3 is 2.29 bits per heavy atom. The van der Waals surface area contributed by atoms with E-state index in [2.05, 4.69) is 6.92 Å². The first kappa shape index (κ1) is 11.2. The molecule has 0 spiro atoms. The molecule has 0 bridgehead atoms. The Kier molecular flexibility index (Phi) is 4.08. The van der Waals surface area contributed by atoms with Gasteiger partial charge in [-0.25, -0.2) is 4.39 Å². The Balaban J connectivity index is 2.94. The van der Waals surface area contributed by atoms with Crippen LogP contribution >= 0.6 is 0 Å². The standard InChI is InChI=1S/C12H18FN/c1-9(7-8-14)11-5-3-4-6-12(11)10(2)13/h3-6,9-10H,7-8,14H2,1-2H3. The highest BCUT2D eigenvalue weighted by Crippen LogP contribution is 2.28. The molecule has 2 N–H and O–H groups in total. The summed E-state index contributed by atoms with van der Waals surface area (Å²) >= 11 is 0. The molecule has 0 aromatic heterocycles. The van der Waals surface area contributed by atoms with Crippen LogP contribution < -0.4 is 5.73 Å². The normalized spacial score (nSPS) is 15.1. The van der Waals surface area contributed by atoms with Crippen molar-refractivity contribution in [3.8, 4) is 0 Å². The number of alkyl halides is 1. The van der Waals surface area contributed by atoms with Crippen molar-refractivity contribution in [1.29, 1.82) is 0 Å². The molecule has 0 saturated carbocycles. The smallest absolute Gasteiger partial charge is 0.123 e. The number of halogens is 1. The third kappa shape index (κ3) is 2.55. The van der Waals surface area contributed by atoms with E-state index in [1.165, 1.54) is 0 Å². The molecule has 2 unspecified atom stereocenters. The Morgan fingerprint density at radius 1 is 1.21 bits per heavy atom. The molecule has 2 atom stereocenters. The van der Waals surface area contributed by atoms with Gasteiger partial charge >= 0.3 is 0 Å². The fourth-order valence-electron chi connectivity index (χ4n) is 1.73. The lowest BCUT2D eigenvalue weighted by molar-refractivity contribution is 0.370. The van der Waals surface area contributed by atoms with E-state index in [0.29, 0.717) is 12.5 Å². The second-order valence-corrected chi connectivity index (χ2v) is 3.72. The second-order valence-electron chi connectivity index (χ2n) is 3.72. The highest BCUT2D eigenvalue weighted by molar-refractivity contribution is 5.31. The number of hydrogen-bond acceptors (Lipinski definition) is 1. The summed E-state index contributed by atoms with van der Waals surface area (Å²) in [6.07, 6.45) is 0.00965. The summed E-state index contributed by atoms with van der Waals surface area (Å²) in [5.74, 6) is 0.342. The molecule has 0 aliphatic heterocycles. The summed E-state index contributed by atoms with van der Waals surface area (Å²) in [7, 11) is 0. The SMILES string of the molecule is CC(F)c1ccccc1C(C)CCN. The van der Waals surface area contributed by atoms with Crippen molar-refractivity contribution in [1.82, 2.24) is 0 Å². The highest BCUT2D eigenvalue weighted by Gasteiger charge is 2.13. The Morgan fingerprint density at radius 2 is 1.79 bits per heavy atom.